The van der Waals surface area contributed by atoms with Crippen LogP contribution in [0.15, 0.2) is 48.5 Å². The van der Waals surface area contributed by atoms with Gasteiger partial charge in [-0.25, -0.2) is 4.98 Å². The second kappa shape index (κ2) is 8.79. The van der Waals surface area contributed by atoms with Crippen molar-refractivity contribution in [1.29, 1.82) is 0 Å². The zero-order chi connectivity index (χ0) is 19.2. The molecule has 142 valence electrons. The maximum absolute atomic E-state index is 10.3. The van der Waals surface area contributed by atoms with Crippen molar-refractivity contribution in [3.63, 3.8) is 0 Å². The van der Waals surface area contributed by atoms with Gasteiger partial charge in [0.1, 0.15) is 23.7 Å². The minimum absolute atomic E-state index is 0.0606. The van der Waals surface area contributed by atoms with Gasteiger partial charge < -0.3 is 24.6 Å². The van der Waals surface area contributed by atoms with Gasteiger partial charge in [0.2, 0.25) is 5.75 Å². The number of aromatic nitrogens is 1. The first-order valence-corrected chi connectivity index (χ1v) is 8.81. The number of rotatable bonds is 8. The van der Waals surface area contributed by atoms with Gasteiger partial charge >= 0.3 is 0 Å². The van der Waals surface area contributed by atoms with Crippen LogP contribution in [0, 0.1) is 0 Å². The van der Waals surface area contributed by atoms with Crippen LogP contribution in [0.5, 0.6) is 17.2 Å². The van der Waals surface area contributed by atoms with E-state index in [9.17, 15) is 5.11 Å². The van der Waals surface area contributed by atoms with Crippen LogP contribution in [0.25, 0.3) is 10.8 Å². The highest BCUT2D eigenvalue weighted by Crippen LogP contribution is 2.36. The molecule has 1 heterocycles. The summed E-state index contributed by atoms with van der Waals surface area (Å²) >= 11 is 6.22. The number of hydrogen-bond donors (Lipinski definition) is 2. The van der Waals surface area contributed by atoms with Crippen LogP contribution >= 0.6 is 11.6 Å². The molecule has 0 aliphatic rings. The molecule has 0 aliphatic carbocycles. The van der Waals surface area contributed by atoms with Gasteiger partial charge in [-0.05, 0) is 23.6 Å². The van der Waals surface area contributed by atoms with Crippen molar-refractivity contribution in [3.8, 4) is 17.2 Å². The molecule has 0 saturated heterocycles. The number of ether oxygens (including phenoxy) is 3. The van der Waals surface area contributed by atoms with Crippen molar-refractivity contribution in [3.05, 3.63) is 53.7 Å². The summed E-state index contributed by atoms with van der Waals surface area (Å²) in [5, 5.41) is 15.6. The maximum atomic E-state index is 10.3. The van der Waals surface area contributed by atoms with E-state index < -0.39 is 6.10 Å². The summed E-state index contributed by atoms with van der Waals surface area (Å²) in [6, 6.07) is 14.9. The molecule has 27 heavy (non-hydrogen) atoms. The maximum Gasteiger partial charge on any atom is 0.203 e. The number of para-hydroxylation sites is 1. The number of halogens is 1. The Labute approximate surface area is 162 Å². The van der Waals surface area contributed by atoms with Gasteiger partial charge in [0, 0.05) is 11.9 Å². The summed E-state index contributed by atoms with van der Waals surface area (Å²) in [6.07, 6.45) is -0.772. The number of methoxy groups -OCH3 is 2. The fourth-order valence-corrected chi connectivity index (χ4v) is 2.93. The van der Waals surface area contributed by atoms with E-state index in [1.807, 2.05) is 30.3 Å². The lowest BCUT2D eigenvalue weighted by Gasteiger charge is -2.17. The number of aliphatic hydroxyl groups excluding tert-OH is 1. The standard InChI is InChI=1S/C20H21ClN2O4/c1-25-16-8-5-9-17(26-2)19(16)27-12-14(24)11-22-18-10-13-6-3-4-7-15(13)20(21)23-18/h3-10,14,24H,11-12H2,1-2H3,(H,22,23). The van der Waals surface area contributed by atoms with Gasteiger partial charge in [0.15, 0.2) is 11.5 Å². The first-order chi connectivity index (χ1) is 13.1. The van der Waals surface area contributed by atoms with Crippen LogP contribution in [0.3, 0.4) is 0 Å². The number of hydrogen-bond acceptors (Lipinski definition) is 6. The zero-order valence-electron chi connectivity index (χ0n) is 15.1. The van der Waals surface area contributed by atoms with Crippen LogP contribution in [0.2, 0.25) is 5.15 Å². The van der Waals surface area contributed by atoms with Gasteiger partial charge in [0.25, 0.3) is 0 Å². The molecule has 7 heteroatoms. The molecule has 0 radical (unpaired) electrons. The molecule has 2 N–H and O–H groups in total. The van der Waals surface area contributed by atoms with Gasteiger partial charge in [-0.1, -0.05) is 41.9 Å². The number of nitrogens with zero attached hydrogens (tertiary/aromatic N) is 1. The molecule has 1 unspecified atom stereocenters. The van der Waals surface area contributed by atoms with Crippen LogP contribution in [-0.2, 0) is 0 Å². The minimum Gasteiger partial charge on any atom is -0.493 e. The van der Waals surface area contributed by atoms with Crippen LogP contribution in [-0.4, -0.2) is 43.6 Å². The van der Waals surface area contributed by atoms with E-state index in [4.69, 9.17) is 25.8 Å². The van der Waals surface area contributed by atoms with Gasteiger partial charge in [-0.15, -0.1) is 0 Å². The van der Waals surface area contributed by atoms with E-state index in [0.29, 0.717) is 28.2 Å². The molecule has 0 bridgehead atoms. The number of aliphatic hydroxyl groups is 1. The first-order valence-electron chi connectivity index (χ1n) is 8.43. The van der Waals surface area contributed by atoms with Gasteiger partial charge in [-0.3, -0.25) is 0 Å². The molecule has 1 aromatic heterocycles. The highest BCUT2D eigenvalue weighted by atomic mass is 35.5. The second-order valence-electron chi connectivity index (χ2n) is 5.86. The average Bonchev–Trinajstić information content (AvgIpc) is 2.70. The highest BCUT2D eigenvalue weighted by Gasteiger charge is 2.14. The van der Waals surface area contributed by atoms with E-state index in [1.165, 1.54) is 0 Å². The molecule has 6 nitrogen and oxygen atoms in total. The van der Waals surface area contributed by atoms with Gasteiger partial charge in [0.05, 0.1) is 14.2 Å². The monoisotopic (exact) mass is 388 g/mol. The first kappa shape index (κ1) is 19.1. The third kappa shape index (κ3) is 4.53. The summed E-state index contributed by atoms with van der Waals surface area (Å²) in [7, 11) is 3.10. The van der Waals surface area contributed by atoms with Crippen LogP contribution in [0.4, 0.5) is 5.82 Å². The summed E-state index contributed by atoms with van der Waals surface area (Å²) in [5.74, 6) is 2.12. The van der Waals surface area contributed by atoms with E-state index >= 15 is 0 Å². The highest BCUT2D eigenvalue weighted by molar-refractivity contribution is 6.34. The number of benzene rings is 2. The summed E-state index contributed by atoms with van der Waals surface area (Å²) in [4.78, 5) is 4.31. The summed E-state index contributed by atoms with van der Waals surface area (Å²) in [5.41, 5.74) is 0. The minimum atomic E-state index is -0.772. The van der Waals surface area contributed by atoms with Crippen molar-refractivity contribution >= 4 is 28.2 Å². The fourth-order valence-electron chi connectivity index (χ4n) is 2.67. The summed E-state index contributed by atoms with van der Waals surface area (Å²) < 4.78 is 16.3. The Morgan fingerprint density at radius 2 is 1.78 bits per heavy atom. The van der Waals surface area contributed by atoms with E-state index in [2.05, 4.69) is 10.3 Å². The van der Waals surface area contributed by atoms with E-state index in [-0.39, 0.29) is 13.2 Å². The van der Waals surface area contributed by atoms with Crippen molar-refractivity contribution in [2.45, 2.75) is 6.10 Å². The number of anilines is 1. The topological polar surface area (TPSA) is 72.8 Å². The van der Waals surface area contributed by atoms with E-state index in [0.717, 1.165) is 10.8 Å². The molecule has 0 amide bonds. The van der Waals surface area contributed by atoms with Crippen molar-refractivity contribution in [2.24, 2.45) is 0 Å². The van der Waals surface area contributed by atoms with Crippen LogP contribution in [0.1, 0.15) is 0 Å². The SMILES string of the molecule is COc1cccc(OC)c1OCC(O)CNc1cc2ccccc2c(Cl)n1. The Morgan fingerprint density at radius 3 is 2.48 bits per heavy atom. The largest absolute Gasteiger partial charge is 0.493 e. The molecule has 2 aromatic carbocycles. The fraction of sp³-hybridized carbons (Fsp3) is 0.250. The predicted molar refractivity (Wildman–Crippen MR) is 106 cm³/mol. The molecular formula is C20H21ClN2O4. The smallest absolute Gasteiger partial charge is 0.203 e. The lowest BCUT2D eigenvalue weighted by molar-refractivity contribution is 0.113. The van der Waals surface area contributed by atoms with Gasteiger partial charge in [-0.2, -0.15) is 0 Å². The molecule has 0 fully saturated rings. The molecule has 0 spiro atoms. The average molecular weight is 389 g/mol. The zero-order valence-corrected chi connectivity index (χ0v) is 15.9. The second-order valence-corrected chi connectivity index (χ2v) is 6.21. The number of pyridine rings is 1. The van der Waals surface area contributed by atoms with Crippen molar-refractivity contribution < 1.29 is 19.3 Å². The molecular weight excluding hydrogens is 368 g/mol. The lowest BCUT2D eigenvalue weighted by atomic mass is 10.2. The normalized spacial score (nSPS) is 11.9. The molecule has 3 aromatic rings. The molecule has 1 atom stereocenters. The third-order valence-electron chi connectivity index (χ3n) is 4.02. The van der Waals surface area contributed by atoms with E-state index in [1.54, 1.807) is 32.4 Å². The summed E-state index contributed by atoms with van der Waals surface area (Å²) in [6.45, 7) is 0.310. The lowest BCUT2D eigenvalue weighted by Crippen LogP contribution is -2.26. The third-order valence-corrected chi connectivity index (χ3v) is 4.30. The Morgan fingerprint density at radius 1 is 1.07 bits per heavy atom. The molecule has 3 rings (SSSR count). The van der Waals surface area contributed by atoms with Crippen molar-refractivity contribution in [2.75, 3.05) is 32.7 Å². The molecule has 0 aliphatic heterocycles. The Bertz CT molecular complexity index is 897. The van der Waals surface area contributed by atoms with Crippen molar-refractivity contribution in [1.82, 2.24) is 4.98 Å². The predicted octanol–water partition coefficient (Wildman–Crippen LogP) is 3.76. The number of fused-ring (bicyclic) bond motifs is 1. The van der Waals surface area contributed by atoms with Crippen LogP contribution < -0.4 is 19.5 Å². The quantitative estimate of drug-likeness (QED) is 0.572. The Balaban J connectivity index is 1.62. The Hall–Kier alpha value is -2.70. The molecule has 0 saturated carbocycles. The Kier molecular flexibility index (Phi) is 6.21. The number of nitrogens with one attached hydrogen (secondary N) is 1.